The number of hydrogen-bond acceptors (Lipinski definition) is 9. The number of hydrogen-bond donors (Lipinski definition) is 4. The molecule has 1 atom stereocenters. The highest BCUT2D eigenvalue weighted by atomic mass is 19.4. The van der Waals surface area contributed by atoms with E-state index in [9.17, 15) is 27.6 Å². The maximum absolute atomic E-state index is 13.6. The standard InChI is InChI=1S/C30H33N3O7.C2HF3O2/c1-3-38-27(34)19-40-25-14-10-21(11-15-25)28(35)26(18-20-4-12-24(13-5-20)39-17-16-37-2)33-30(36)23-8-6-22(7-9-23)29(31)32;3-2(4,5)1(6)7/h4-15,26H,3,16-19H2,1-2H3,(H3,31,32)(H,33,36);(H,6,7)/t26-;/m0./s1. The number of ether oxygens (including phenoxy) is 4. The first kappa shape index (κ1) is 37.7. The van der Waals surface area contributed by atoms with Crippen molar-refractivity contribution < 1.29 is 56.4 Å². The van der Waals surface area contributed by atoms with E-state index in [1.807, 2.05) is 12.1 Å². The molecule has 1 amide bonds. The van der Waals surface area contributed by atoms with Gasteiger partial charge in [0.15, 0.2) is 12.4 Å². The number of nitrogens with one attached hydrogen (secondary N) is 2. The number of esters is 1. The predicted molar refractivity (Wildman–Crippen MR) is 163 cm³/mol. The van der Waals surface area contributed by atoms with Crippen molar-refractivity contribution in [1.82, 2.24) is 5.32 Å². The zero-order chi connectivity index (χ0) is 35.0. The maximum atomic E-state index is 13.6. The zero-order valence-corrected chi connectivity index (χ0v) is 25.5. The Kier molecular flexibility index (Phi) is 14.9. The Labute approximate surface area is 268 Å². The van der Waals surface area contributed by atoms with Crippen molar-refractivity contribution >= 4 is 29.5 Å². The van der Waals surface area contributed by atoms with Crippen LogP contribution < -0.4 is 20.5 Å². The fraction of sp³-hybridized carbons (Fsp3) is 0.281. The van der Waals surface area contributed by atoms with Crippen molar-refractivity contribution in [2.24, 2.45) is 5.73 Å². The number of benzene rings is 3. The van der Waals surface area contributed by atoms with Gasteiger partial charge in [-0.1, -0.05) is 24.3 Å². The normalized spacial score (nSPS) is 11.3. The fourth-order valence-electron chi connectivity index (χ4n) is 3.71. The number of alkyl halides is 3. The molecule has 0 heterocycles. The van der Waals surface area contributed by atoms with Crippen molar-refractivity contribution in [3.8, 4) is 11.5 Å². The molecule has 0 saturated heterocycles. The average Bonchev–Trinajstić information content (AvgIpc) is 3.04. The number of amidine groups is 1. The summed E-state index contributed by atoms with van der Waals surface area (Å²) in [5.41, 5.74) is 7.50. The van der Waals surface area contributed by atoms with Crippen LogP contribution in [0.25, 0.3) is 0 Å². The van der Waals surface area contributed by atoms with E-state index in [0.29, 0.717) is 41.4 Å². The van der Waals surface area contributed by atoms with Crippen molar-refractivity contribution in [3.05, 3.63) is 95.1 Å². The molecule has 0 bridgehead atoms. The van der Waals surface area contributed by atoms with Crippen molar-refractivity contribution in [2.75, 3.05) is 33.5 Å². The maximum Gasteiger partial charge on any atom is 0.490 e. The van der Waals surface area contributed by atoms with Crippen LogP contribution in [-0.2, 0) is 25.5 Å². The van der Waals surface area contributed by atoms with Crippen LogP contribution in [0, 0.1) is 5.41 Å². The number of aliphatic carboxylic acids is 1. The number of halogens is 3. The topological polar surface area (TPSA) is 187 Å². The van der Waals surface area contributed by atoms with Gasteiger partial charge in [0.1, 0.15) is 23.9 Å². The molecule has 0 spiro atoms. The Morgan fingerprint density at radius 3 is 1.87 bits per heavy atom. The smallest absolute Gasteiger partial charge is 0.490 e. The molecular formula is C32H34F3N3O9. The van der Waals surface area contributed by atoms with Gasteiger partial charge >= 0.3 is 18.1 Å². The number of carboxylic acids is 1. The van der Waals surface area contributed by atoms with E-state index < -0.39 is 30.1 Å². The van der Waals surface area contributed by atoms with E-state index in [2.05, 4.69) is 5.32 Å². The van der Waals surface area contributed by atoms with Gasteiger partial charge in [-0.2, -0.15) is 13.2 Å². The SMILES string of the molecule is CCOC(=O)COc1ccc(C(=O)[C@H](Cc2ccc(OCCOC)cc2)NC(=O)c2ccc(C(=N)N)cc2)cc1.O=C(O)C(F)(F)F. The molecule has 0 saturated carbocycles. The number of nitrogen functional groups attached to an aromatic ring is 1. The Morgan fingerprint density at radius 1 is 0.851 bits per heavy atom. The molecule has 0 fully saturated rings. The molecule has 0 aromatic heterocycles. The second-order valence-corrected chi connectivity index (χ2v) is 9.49. The quantitative estimate of drug-likeness (QED) is 0.0614. The third kappa shape index (κ3) is 13.2. The summed E-state index contributed by atoms with van der Waals surface area (Å²) in [6, 6.07) is 19.0. The van der Waals surface area contributed by atoms with Gasteiger partial charge in [0, 0.05) is 30.2 Å². The number of methoxy groups -OCH3 is 1. The summed E-state index contributed by atoms with van der Waals surface area (Å²) < 4.78 is 52.6. The summed E-state index contributed by atoms with van der Waals surface area (Å²) in [4.78, 5) is 47.1. The van der Waals surface area contributed by atoms with Gasteiger partial charge in [0.05, 0.1) is 19.3 Å². The molecule has 5 N–H and O–H groups in total. The highest BCUT2D eigenvalue weighted by molar-refractivity contribution is 6.05. The monoisotopic (exact) mass is 661 g/mol. The predicted octanol–water partition coefficient (Wildman–Crippen LogP) is 3.80. The van der Waals surface area contributed by atoms with Gasteiger partial charge < -0.3 is 35.1 Å². The molecule has 0 aliphatic rings. The van der Waals surface area contributed by atoms with Crippen LogP contribution in [0.2, 0.25) is 0 Å². The van der Waals surface area contributed by atoms with Gasteiger partial charge in [0.2, 0.25) is 0 Å². The summed E-state index contributed by atoms with van der Waals surface area (Å²) in [5.74, 6) is -3.03. The zero-order valence-electron chi connectivity index (χ0n) is 25.5. The largest absolute Gasteiger partial charge is 0.491 e. The summed E-state index contributed by atoms with van der Waals surface area (Å²) in [6.45, 7) is 2.60. The minimum absolute atomic E-state index is 0.107. The molecule has 252 valence electrons. The van der Waals surface area contributed by atoms with Crippen molar-refractivity contribution in [3.63, 3.8) is 0 Å². The lowest BCUT2D eigenvalue weighted by Crippen LogP contribution is -2.42. The molecule has 47 heavy (non-hydrogen) atoms. The lowest BCUT2D eigenvalue weighted by atomic mass is 9.97. The highest BCUT2D eigenvalue weighted by Gasteiger charge is 2.38. The molecule has 0 unspecified atom stereocenters. The van der Waals surface area contributed by atoms with Crippen LogP contribution in [-0.4, -0.2) is 80.3 Å². The minimum Gasteiger partial charge on any atom is -0.491 e. The molecule has 3 aromatic carbocycles. The number of ketones is 1. The molecular weight excluding hydrogens is 627 g/mol. The summed E-state index contributed by atoms with van der Waals surface area (Å²) in [7, 11) is 1.60. The van der Waals surface area contributed by atoms with Crippen LogP contribution in [0.3, 0.4) is 0 Å². The Morgan fingerprint density at radius 2 is 1.36 bits per heavy atom. The summed E-state index contributed by atoms with van der Waals surface area (Å²) >= 11 is 0. The van der Waals surface area contributed by atoms with E-state index in [4.69, 9.17) is 40.0 Å². The number of amides is 1. The first-order valence-corrected chi connectivity index (χ1v) is 13.9. The summed E-state index contributed by atoms with van der Waals surface area (Å²) in [6.07, 6.45) is -4.85. The van der Waals surface area contributed by atoms with Crippen LogP contribution >= 0.6 is 0 Å². The van der Waals surface area contributed by atoms with E-state index in [0.717, 1.165) is 5.56 Å². The number of nitrogens with two attached hydrogens (primary N) is 1. The number of carbonyl (C=O) groups is 4. The van der Waals surface area contributed by atoms with E-state index in [1.165, 1.54) is 0 Å². The van der Waals surface area contributed by atoms with Gasteiger partial charge in [-0.15, -0.1) is 0 Å². The minimum atomic E-state index is -5.08. The number of rotatable bonds is 15. The third-order valence-electron chi connectivity index (χ3n) is 6.04. The molecule has 3 rings (SSSR count). The Balaban J connectivity index is 0.000000984. The molecule has 0 aliphatic heterocycles. The fourth-order valence-corrected chi connectivity index (χ4v) is 3.71. The lowest BCUT2D eigenvalue weighted by molar-refractivity contribution is -0.192. The highest BCUT2D eigenvalue weighted by Crippen LogP contribution is 2.18. The second-order valence-electron chi connectivity index (χ2n) is 9.49. The van der Waals surface area contributed by atoms with E-state index >= 15 is 0 Å². The number of carboxylic acid groups (broad SMARTS) is 1. The molecule has 0 radical (unpaired) electrons. The average molecular weight is 662 g/mol. The van der Waals surface area contributed by atoms with Crippen LogP contribution in [0.5, 0.6) is 11.5 Å². The summed E-state index contributed by atoms with van der Waals surface area (Å²) in [5, 5.41) is 17.5. The Hall–Kier alpha value is -5.44. The number of Topliss-reactive ketones (excluding diaryl/α,β-unsaturated/α-hetero) is 1. The van der Waals surface area contributed by atoms with Crippen LogP contribution in [0.4, 0.5) is 13.2 Å². The molecule has 3 aromatic rings. The van der Waals surface area contributed by atoms with Crippen molar-refractivity contribution in [2.45, 2.75) is 25.6 Å². The molecule has 15 heteroatoms. The first-order chi connectivity index (χ1) is 22.2. The first-order valence-electron chi connectivity index (χ1n) is 13.9. The van der Waals surface area contributed by atoms with Crippen LogP contribution in [0.15, 0.2) is 72.8 Å². The molecule has 12 nitrogen and oxygen atoms in total. The van der Waals surface area contributed by atoms with E-state index in [-0.39, 0.29) is 31.3 Å². The van der Waals surface area contributed by atoms with Gasteiger partial charge in [-0.05, 0) is 61.0 Å². The van der Waals surface area contributed by atoms with Crippen LogP contribution in [0.1, 0.15) is 38.8 Å². The van der Waals surface area contributed by atoms with Gasteiger partial charge in [-0.25, -0.2) is 9.59 Å². The van der Waals surface area contributed by atoms with Crippen molar-refractivity contribution in [1.29, 1.82) is 5.41 Å². The Bertz CT molecular complexity index is 1500. The van der Waals surface area contributed by atoms with Gasteiger partial charge in [-0.3, -0.25) is 15.0 Å². The molecule has 0 aliphatic carbocycles. The second kappa shape index (κ2) is 18.5. The number of carbonyl (C=O) groups excluding carboxylic acids is 3. The lowest BCUT2D eigenvalue weighted by Gasteiger charge is -2.19. The third-order valence-corrected chi connectivity index (χ3v) is 6.04. The van der Waals surface area contributed by atoms with Gasteiger partial charge in [0.25, 0.3) is 5.91 Å². The van der Waals surface area contributed by atoms with E-state index in [1.54, 1.807) is 74.7 Å².